The first-order valence-electron chi connectivity index (χ1n) is 6.76. The van der Waals surface area contributed by atoms with Crippen molar-refractivity contribution in [1.29, 1.82) is 0 Å². The van der Waals surface area contributed by atoms with Gasteiger partial charge in [0.1, 0.15) is 0 Å². The molecule has 4 heteroatoms. The monoisotopic (exact) mass is 263 g/mol. The molecule has 0 fully saturated rings. The van der Waals surface area contributed by atoms with Crippen LogP contribution in [0.25, 0.3) is 0 Å². The van der Waals surface area contributed by atoms with Crippen molar-refractivity contribution in [3.8, 4) is 0 Å². The van der Waals surface area contributed by atoms with E-state index in [9.17, 15) is 8.42 Å². The van der Waals surface area contributed by atoms with Gasteiger partial charge in [0.15, 0.2) is 9.84 Å². The number of nitrogens with one attached hydrogen (secondary N) is 1. The fourth-order valence-corrected chi connectivity index (χ4v) is 2.78. The van der Waals surface area contributed by atoms with Crippen molar-refractivity contribution in [3.05, 3.63) is 0 Å². The molecule has 0 rings (SSSR count). The van der Waals surface area contributed by atoms with Gasteiger partial charge in [-0.05, 0) is 45.6 Å². The summed E-state index contributed by atoms with van der Waals surface area (Å²) >= 11 is 0. The van der Waals surface area contributed by atoms with E-state index in [2.05, 4.69) is 26.1 Å². The van der Waals surface area contributed by atoms with Crippen LogP contribution in [0.3, 0.4) is 0 Å². The number of sulfone groups is 1. The SMILES string of the molecule is CCCNC(CCCS(=O)(=O)C(C)C)C(C)C. The summed E-state index contributed by atoms with van der Waals surface area (Å²) in [4.78, 5) is 0. The summed E-state index contributed by atoms with van der Waals surface area (Å²) in [6.07, 6.45) is 2.83. The molecule has 0 saturated carbocycles. The highest BCUT2D eigenvalue weighted by Crippen LogP contribution is 2.11. The van der Waals surface area contributed by atoms with Crippen LogP contribution in [-0.4, -0.2) is 32.0 Å². The Kier molecular flexibility index (Phi) is 8.05. The maximum atomic E-state index is 11.7. The minimum Gasteiger partial charge on any atom is -0.314 e. The molecule has 1 N–H and O–H groups in total. The molecule has 0 aromatic heterocycles. The Bertz CT molecular complexity index is 284. The van der Waals surface area contributed by atoms with E-state index in [0.29, 0.717) is 17.7 Å². The standard InChI is InChI=1S/C13H29NO2S/c1-6-9-14-13(11(2)3)8-7-10-17(15,16)12(4)5/h11-14H,6-10H2,1-5H3. The van der Waals surface area contributed by atoms with Crippen LogP contribution in [0.2, 0.25) is 0 Å². The molecule has 0 spiro atoms. The molecule has 0 aliphatic rings. The Morgan fingerprint density at radius 3 is 2.12 bits per heavy atom. The van der Waals surface area contributed by atoms with Crippen LogP contribution in [-0.2, 0) is 9.84 Å². The van der Waals surface area contributed by atoms with E-state index in [1.807, 2.05) is 0 Å². The Balaban J connectivity index is 4.06. The van der Waals surface area contributed by atoms with Crippen LogP contribution in [0.15, 0.2) is 0 Å². The lowest BCUT2D eigenvalue weighted by Crippen LogP contribution is -2.35. The van der Waals surface area contributed by atoms with Gasteiger partial charge < -0.3 is 5.32 Å². The third kappa shape index (κ3) is 7.04. The van der Waals surface area contributed by atoms with Gasteiger partial charge in [-0.1, -0.05) is 20.8 Å². The summed E-state index contributed by atoms with van der Waals surface area (Å²) in [6, 6.07) is 0.442. The minimum atomic E-state index is -2.87. The van der Waals surface area contributed by atoms with Gasteiger partial charge in [0, 0.05) is 6.04 Å². The van der Waals surface area contributed by atoms with Gasteiger partial charge in [-0.2, -0.15) is 0 Å². The van der Waals surface area contributed by atoms with E-state index in [1.165, 1.54) is 0 Å². The van der Waals surface area contributed by atoms with Crippen LogP contribution in [0, 0.1) is 5.92 Å². The first-order valence-corrected chi connectivity index (χ1v) is 8.47. The molecule has 0 aromatic rings. The molecule has 104 valence electrons. The van der Waals surface area contributed by atoms with Crippen LogP contribution >= 0.6 is 0 Å². The molecule has 0 heterocycles. The highest BCUT2D eigenvalue weighted by atomic mass is 32.2. The number of hydrogen-bond acceptors (Lipinski definition) is 3. The van der Waals surface area contributed by atoms with Crippen LogP contribution in [0.4, 0.5) is 0 Å². The zero-order chi connectivity index (χ0) is 13.5. The van der Waals surface area contributed by atoms with Crippen molar-refractivity contribution >= 4 is 9.84 Å². The second-order valence-corrected chi connectivity index (χ2v) is 8.04. The van der Waals surface area contributed by atoms with Crippen molar-refractivity contribution < 1.29 is 8.42 Å². The van der Waals surface area contributed by atoms with Crippen molar-refractivity contribution in [1.82, 2.24) is 5.32 Å². The predicted octanol–water partition coefficient (Wildman–Crippen LogP) is 2.61. The molecule has 0 saturated heterocycles. The number of hydrogen-bond donors (Lipinski definition) is 1. The minimum absolute atomic E-state index is 0.247. The predicted molar refractivity (Wildman–Crippen MR) is 75.1 cm³/mol. The fraction of sp³-hybridized carbons (Fsp3) is 1.00. The molecule has 1 atom stereocenters. The van der Waals surface area contributed by atoms with E-state index in [1.54, 1.807) is 13.8 Å². The van der Waals surface area contributed by atoms with Gasteiger partial charge in [-0.3, -0.25) is 0 Å². The van der Waals surface area contributed by atoms with E-state index in [-0.39, 0.29) is 5.25 Å². The first-order chi connectivity index (χ1) is 7.81. The Morgan fingerprint density at radius 2 is 1.71 bits per heavy atom. The highest BCUT2D eigenvalue weighted by molar-refractivity contribution is 7.91. The molecular formula is C13H29NO2S. The average molecular weight is 263 g/mol. The van der Waals surface area contributed by atoms with Gasteiger partial charge in [0.05, 0.1) is 11.0 Å². The number of rotatable bonds is 9. The van der Waals surface area contributed by atoms with Crippen LogP contribution in [0.5, 0.6) is 0 Å². The third-order valence-electron chi connectivity index (χ3n) is 3.12. The Hall–Kier alpha value is -0.0900. The first kappa shape index (κ1) is 16.9. The molecule has 0 aromatic carbocycles. The zero-order valence-corrected chi connectivity index (χ0v) is 12.8. The van der Waals surface area contributed by atoms with Crippen LogP contribution in [0.1, 0.15) is 53.9 Å². The molecule has 0 amide bonds. The van der Waals surface area contributed by atoms with E-state index in [4.69, 9.17) is 0 Å². The van der Waals surface area contributed by atoms with E-state index in [0.717, 1.165) is 25.8 Å². The quantitative estimate of drug-likeness (QED) is 0.695. The molecular weight excluding hydrogens is 234 g/mol. The molecule has 17 heavy (non-hydrogen) atoms. The van der Waals surface area contributed by atoms with Crippen molar-refractivity contribution in [2.75, 3.05) is 12.3 Å². The Morgan fingerprint density at radius 1 is 1.12 bits per heavy atom. The lowest BCUT2D eigenvalue weighted by atomic mass is 9.99. The third-order valence-corrected chi connectivity index (χ3v) is 5.42. The fourth-order valence-electron chi connectivity index (χ4n) is 1.74. The van der Waals surface area contributed by atoms with Gasteiger partial charge in [-0.15, -0.1) is 0 Å². The molecule has 0 aliphatic heterocycles. The van der Waals surface area contributed by atoms with E-state index < -0.39 is 9.84 Å². The van der Waals surface area contributed by atoms with Crippen molar-refractivity contribution in [2.24, 2.45) is 5.92 Å². The van der Waals surface area contributed by atoms with E-state index >= 15 is 0 Å². The smallest absolute Gasteiger partial charge is 0.152 e. The van der Waals surface area contributed by atoms with Crippen molar-refractivity contribution in [2.45, 2.75) is 65.2 Å². The second kappa shape index (κ2) is 8.09. The molecule has 0 aliphatic carbocycles. The van der Waals surface area contributed by atoms with Gasteiger partial charge in [-0.25, -0.2) is 8.42 Å². The zero-order valence-electron chi connectivity index (χ0n) is 12.0. The molecule has 0 radical (unpaired) electrons. The maximum Gasteiger partial charge on any atom is 0.152 e. The maximum absolute atomic E-state index is 11.7. The summed E-state index contributed by atoms with van der Waals surface area (Å²) in [6.45, 7) is 11.0. The molecule has 3 nitrogen and oxygen atoms in total. The van der Waals surface area contributed by atoms with Crippen LogP contribution < -0.4 is 5.32 Å². The second-order valence-electron chi connectivity index (χ2n) is 5.36. The van der Waals surface area contributed by atoms with Crippen molar-refractivity contribution in [3.63, 3.8) is 0 Å². The Labute approximate surface area is 107 Å². The summed E-state index contributed by atoms with van der Waals surface area (Å²) in [5.74, 6) is 0.880. The van der Waals surface area contributed by atoms with Gasteiger partial charge >= 0.3 is 0 Å². The normalized spacial score (nSPS) is 14.5. The summed E-state index contributed by atoms with van der Waals surface area (Å²) in [5.41, 5.74) is 0. The topological polar surface area (TPSA) is 46.2 Å². The average Bonchev–Trinajstić information content (AvgIpc) is 2.22. The van der Waals surface area contributed by atoms with Gasteiger partial charge in [0.2, 0.25) is 0 Å². The highest BCUT2D eigenvalue weighted by Gasteiger charge is 2.18. The molecule has 1 unspecified atom stereocenters. The van der Waals surface area contributed by atoms with Gasteiger partial charge in [0.25, 0.3) is 0 Å². The lowest BCUT2D eigenvalue weighted by molar-refractivity contribution is 0.375. The summed E-state index contributed by atoms with van der Waals surface area (Å²) < 4.78 is 23.4. The lowest BCUT2D eigenvalue weighted by Gasteiger charge is -2.22. The molecule has 0 bridgehead atoms. The largest absolute Gasteiger partial charge is 0.314 e. The summed E-state index contributed by atoms with van der Waals surface area (Å²) in [5, 5.41) is 3.24. The summed E-state index contributed by atoms with van der Waals surface area (Å²) in [7, 11) is -2.87.